The number of halogens is 1. The highest BCUT2D eigenvalue weighted by atomic mass is 79.9. The number of nitrogens with zero attached hydrogens (tertiary/aromatic N) is 2. The van der Waals surface area contributed by atoms with Gasteiger partial charge in [-0.2, -0.15) is 0 Å². The lowest BCUT2D eigenvalue weighted by Gasteiger charge is -2.34. The fraction of sp³-hybridized carbons (Fsp3) is 0.700. The molecule has 78 valence electrons. The zero-order valence-corrected chi connectivity index (χ0v) is 10.7. The van der Waals surface area contributed by atoms with Crippen molar-refractivity contribution < 1.29 is 0 Å². The van der Waals surface area contributed by atoms with Crippen molar-refractivity contribution >= 4 is 27.3 Å². The first-order valence-electron chi connectivity index (χ1n) is 4.94. The van der Waals surface area contributed by atoms with Crippen molar-refractivity contribution in [3.05, 3.63) is 16.6 Å². The normalized spacial score (nSPS) is 26.5. The van der Waals surface area contributed by atoms with Crippen LogP contribution in [0.25, 0.3) is 0 Å². The molecule has 0 aliphatic heterocycles. The van der Waals surface area contributed by atoms with E-state index in [1.807, 2.05) is 11.7 Å². The van der Waals surface area contributed by atoms with Crippen LogP contribution in [0.4, 0.5) is 0 Å². The van der Waals surface area contributed by atoms with E-state index in [1.54, 1.807) is 11.3 Å². The van der Waals surface area contributed by atoms with Crippen LogP contribution in [0, 0.1) is 5.92 Å². The van der Waals surface area contributed by atoms with E-state index in [2.05, 4.69) is 32.9 Å². The number of rotatable bonds is 4. The Bertz CT molecular complexity index is 270. The Kier molecular flexibility index (Phi) is 3.57. The largest absolute Gasteiger partial charge is 0.301 e. The van der Waals surface area contributed by atoms with E-state index in [9.17, 15) is 0 Å². The maximum absolute atomic E-state index is 4.08. The van der Waals surface area contributed by atoms with Gasteiger partial charge in [-0.05, 0) is 25.8 Å². The van der Waals surface area contributed by atoms with Gasteiger partial charge in [-0.1, -0.05) is 15.9 Å². The van der Waals surface area contributed by atoms with Crippen LogP contribution in [-0.4, -0.2) is 28.3 Å². The van der Waals surface area contributed by atoms with Crippen molar-refractivity contribution in [1.29, 1.82) is 0 Å². The molecule has 1 saturated carbocycles. The zero-order valence-electron chi connectivity index (χ0n) is 8.32. The van der Waals surface area contributed by atoms with Crippen LogP contribution in [0.15, 0.2) is 11.7 Å². The zero-order chi connectivity index (χ0) is 9.97. The highest BCUT2D eigenvalue weighted by Crippen LogP contribution is 2.33. The maximum atomic E-state index is 4.08. The fourth-order valence-corrected chi connectivity index (χ4v) is 3.63. The van der Waals surface area contributed by atoms with Gasteiger partial charge in [-0.15, -0.1) is 11.3 Å². The molecular formula is C10H15BrN2S. The van der Waals surface area contributed by atoms with Crippen LogP contribution in [0.1, 0.15) is 17.7 Å². The molecule has 0 spiro atoms. The number of aromatic nitrogens is 1. The van der Waals surface area contributed by atoms with Gasteiger partial charge in [0.05, 0.1) is 5.51 Å². The predicted molar refractivity (Wildman–Crippen MR) is 63.9 cm³/mol. The molecular weight excluding hydrogens is 260 g/mol. The van der Waals surface area contributed by atoms with Crippen molar-refractivity contribution in [2.45, 2.75) is 24.2 Å². The van der Waals surface area contributed by atoms with E-state index in [-0.39, 0.29) is 0 Å². The lowest BCUT2D eigenvalue weighted by atomic mass is 9.85. The van der Waals surface area contributed by atoms with E-state index >= 15 is 0 Å². The smallest absolute Gasteiger partial charge is 0.0794 e. The molecule has 4 heteroatoms. The Morgan fingerprint density at radius 1 is 1.64 bits per heavy atom. The Labute approximate surface area is 97.5 Å². The topological polar surface area (TPSA) is 16.1 Å². The van der Waals surface area contributed by atoms with Crippen LogP contribution in [0.5, 0.6) is 0 Å². The standard InChI is InChI=1S/C10H15BrN2S/c1-13(5-8-2-9(11)3-8)6-10-4-12-7-14-10/h4,7-9H,2-3,5-6H2,1H3. The molecule has 0 saturated heterocycles. The molecule has 1 aromatic rings. The summed E-state index contributed by atoms with van der Waals surface area (Å²) < 4.78 is 0. The van der Waals surface area contributed by atoms with Crippen LogP contribution in [0.2, 0.25) is 0 Å². The summed E-state index contributed by atoms with van der Waals surface area (Å²) in [4.78, 5) is 8.63. The van der Waals surface area contributed by atoms with Gasteiger partial charge >= 0.3 is 0 Å². The van der Waals surface area contributed by atoms with Gasteiger partial charge in [0.25, 0.3) is 0 Å². The molecule has 0 atom stereocenters. The molecule has 0 N–H and O–H groups in total. The minimum absolute atomic E-state index is 0.782. The molecule has 1 aliphatic rings. The number of hydrogen-bond acceptors (Lipinski definition) is 3. The monoisotopic (exact) mass is 274 g/mol. The van der Waals surface area contributed by atoms with Gasteiger partial charge in [0.15, 0.2) is 0 Å². The van der Waals surface area contributed by atoms with E-state index in [0.29, 0.717) is 0 Å². The first-order valence-corrected chi connectivity index (χ1v) is 6.73. The number of hydrogen-bond donors (Lipinski definition) is 0. The van der Waals surface area contributed by atoms with Crippen molar-refractivity contribution in [3.63, 3.8) is 0 Å². The minimum Gasteiger partial charge on any atom is -0.301 e. The highest BCUT2D eigenvalue weighted by molar-refractivity contribution is 9.09. The van der Waals surface area contributed by atoms with Crippen molar-refractivity contribution in [2.75, 3.05) is 13.6 Å². The molecule has 2 rings (SSSR count). The molecule has 0 bridgehead atoms. The first kappa shape index (κ1) is 10.6. The Morgan fingerprint density at radius 2 is 2.43 bits per heavy atom. The average molecular weight is 275 g/mol. The summed E-state index contributed by atoms with van der Waals surface area (Å²) in [5.41, 5.74) is 1.90. The lowest BCUT2D eigenvalue weighted by molar-refractivity contribution is 0.209. The first-order chi connectivity index (χ1) is 6.74. The van der Waals surface area contributed by atoms with Crippen LogP contribution in [0.3, 0.4) is 0 Å². The van der Waals surface area contributed by atoms with Gasteiger partial charge in [-0.25, -0.2) is 0 Å². The van der Waals surface area contributed by atoms with Crippen LogP contribution >= 0.6 is 27.3 Å². The molecule has 14 heavy (non-hydrogen) atoms. The minimum atomic E-state index is 0.782. The van der Waals surface area contributed by atoms with Gasteiger partial charge in [-0.3, -0.25) is 4.98 Å². The second-order valence-corrected chi connectivity index (χ2v) is 6.37. The maximum Gasteiger partial charge on any atom is 0.0794 e. The van der Waals surface area contributed by atoms with Crippen molar-refractivity contribution in [1.82, 2.24) is 9.88 Å². The summed E-state index contributed by atoms with van der Waals surface area (Å²) in [5.74, 6) is 0.900. The number of alkyl halides is 1. The Morgan fingerprint density at radius 3 is 3.00 bits per heavy atom. The second kappa shape index (κ2) is 4.73. The molecule has 1 fully saturated rings. The SMILES string of the molecule is CN(Cc1cncs1)CC1CC(Br)C1. The van der Waals surface area contributed by atoms with Crippen LogP contribution in [-0.2, 0) is 6.54 Å². The van der Waals surface area contributed by atoms with Gasteiger partial charge < -0.3 is 4.90 Å². The molecule has 0 unspecified atom stereocenters. The van der Waals surface area contributed by atoms with Gasteiger partial charge in [0.2, 0.25) is 0 Å². The van der Waals surface area contributed by atoms with E-state index in [0.717, 1.165) is 17.3 Å². The summed E-state index contributed by atoms with van der Waals surface area (Å²) in [6.07, 6.45) is 4.65. The predicted octanol–water partition coefficient (Wildman–Crippen LogP) is 2.75. The summed E-state index contributed by atoms with van der Waals surface area (Å²) in [7, 11) is 2.20. The molecule has 1 aromatic heterocycles. The Balaban J connectivity index is 1.71. The summed E-state index contributed by atoms with van der Waals surface area (Å²) >= 11 is 5.37. The molecule has 1 heterocycles. The molecule has 0 amide bonds. The average Bonchev–Trinajstić information content (AvgIpc) is 2.54. The molecule has 0 radical (unpaired) electrons. The molecule has 1 aliphatic carbocycles. The fourth-order valence-electron chi connectivity index (χ4n) is 1.89. The number of thiazole rings is 1. The van der Waals surface area contributed by atoms with Gasteiger partial charge in [0, 0.05) is 29.0 Å². The van der Waals surface area contributed by atoms with Gasteiger partial charge in [0.1, 0.15) is 0 Å². The van der Waals surface area contributed by atoms with Crippen molar-refractivity contribution in [3.8, 4) is 0 Å². The Hall–Kier alpha value is 0.0700. The van der Waals surface area contributed by atoms with E-state index in [4.69, 9.17) is 0 Å². The summed E-state index contributed by atoms with van der Waals surface area (Å²) in [5, 5.41) is 0. The van der Waals surface area contributed by atoms with Crippen molar-refractivity contribution in [2.24, 2.45) is 5.92 Å². The van der Waals surface area contributed by atoms with E-state index < -0.39 is 0 Å². The second-order valence-electron chi connectivity index (χ2n) is 4.10. The van der Waals surface area contributed by atoms with Crippen LogP contribution < -0.4 is 0 Å². The third kappa shape index (κ3) is 2.78. The highest BCUT2D eigenvalue weighted by Gasteiger charge is 2.27. The summed E-state index contributed by atoms with van der Waals surface area (Å²) in [6, 6.07) is 0. The third-order valence-corrected chi connectivity index (χ3v) is 4.17. The molecule has 0 aromatic carbocycles. The van der Waals surface area contributed by atoms with E-state index in [1.165, 1.54) is 24.3 Å². The molecule has 2 nitrogen and oxygen atoms in total. The summed E-state index contributed by atoms with van der Waals surface area (Å²) in [6.45, 7) is 2.27. The quantitative estimate of drug-likeness (QED) is 0.785. The third-order valence-electron chi connectivity index (χ3n) is 2.66. The lowest BCUT2D eigenvalue weighted by Crippen LogP contribution is -2.34.